The molecule has 0 aliphatic rings. The van der Waals surface area contributed by atoms with Gasteiger partial charge in [-0.25, -0.2) is 0 Å². The first-order valence-electron chi connectivity index (χ1n) is 6.21. The maximum atomic E-state index is 12.1. The van der Waals surface area contributed by atoms with Crippen molar-refractivity contribution in [3.05, 3.63) is 30.0 Å². The van der Waals surface area contributed by atoms with Crippen molar-refractivity contribution in [3.63, 3.8) is 0 Å². The van der Waals surface area contributed by atoms with Crippen LogP contribution < -0.4 is 15.8 Å². The standard InChI is InChI=1S/C14H19N3O2/c1-9(8-15)16-14(18)13-7-10-6-11(19-3)4-5-12(10)17(13)2/h4-7,9H,8,15H2,1-3H3,(H,16,18). The molecule has 5 nitrogen and oxygen atoms in total. The molecule has 0 aliphatic carbocycles. The van der Waals surface area contributed by atoms with E-state index in [1.807, 2.05) is 42.8 Å². The second-order valence-electron chi connectivity index (χ2n) is 4.62. The molecule has 19 heavy (non-hydrogen) atoms. The SMILES string of the molecule is COc1ccc2c(c1)cc(C(=O)NC(C)CN)n2C. The minimum atomic E-state index is -0.115. The number of carbonyl (C=O) groups excluding carboxylic acids is 1. The average molecular weight is 261 g/mol. The number of rotatable bonds is 4. The molecule has 102 valence electrons. The first kappa shape index (κ1) is 13.4. The highest BCUT2D eigenvalue weighted by Gasteiger charge is 2.15. The number of nitrogens with one attached hydrogen (secondary N) is 1. The van der Waals surface area contributed by atoms with E-state index in [4.69, 9.17) is 10.5 Å². The third kappa shape index (κ3) is 2.56. The third-order valence-electron chi connectivity index (χ3n) is 3.21. The number of fused-ring (bicyclic) bond motifs is 1. The van der Waals surface area contributed by atoms with E-state index < -0.39 is 0 Å². The van der Waals surface area contributed by atoms with E-state index in [1.54, 1.807) is 7.11 Å². The number of methoxy groups -OCH3 is 1. The summed E-state index contributed by atoms with van der Waals surface area (Å²) in [6, 6.07) is 7.55. The van der Waals surface area contributed by atoms with Crippen LogP contribution in [-0.2, 0) is 7.05 Å². The zero-order valence-corrected chi connectivity index (χ0v) is 11.4. The number of hydrogen-bond donors (Lipinski definition) is 2. The number of benzene rings is 1. The van der Waals surface area contributed by atoms with Gasteiger partial charge >= 0.3 is 0 Å². The number of amides is 1. The number of ether oxygens (including phenoxy) is 1. The van der Waals surface area contributed by atoms with Gasteiger partial charge in [-0.05, 0) is 31.2 Å². The molecule has 0 bridgehead atoms. The third-order valence-corrected chi connectivity index (χ3v) is 3.21. The molecule has 1 atom stereocenters. The Morgan fingerprint density at radius 2 is 2.21 bits per heavy atom. The van der Waals surface area contributed by atoms with Crippen molar-refractivity contribution in [2.75, 3.05) is 13.7 Å². The predicted molar refractivity (Wildman–Crippen MR) is 75.5 cm³/mol. The quantitative estimate of drug-likeness (QED) is 0.870. The average Bonchev–Trinajstić information content (AvgIpc) is 2.75. The maximum absolute atomic E-state index is 12.1. The Kier molecular flexibility index (Phi) is 3.76. The van der Waals surface area contributed by atoms with E-state index in [1.165, 1.54) is 0 Å². The van der Waals surface area contributed by atoms with Gasteiger partial charge in [0.1, 0.15) is 11.4 Å². The molecule has 1 aromatic carbocycles. The smallest absolute Gasteiger partial charge is 0.268 e. The molecule has 1 aromatic heterocycles. The number of nitrogens with two attached hydrogens (primary N) is 1. The Balaban J connectivity index is 2.38. The van der Waals surface area contributed by atoms with E-state index in [-0.39, 0.29) is 11.9 Å². The summed E-state index contributed by atoms with van der Waals surface area (Å²) in [5, 5.41) is 3.84. The monoisotopic (exact) mass is 261 g/mol. The van der Waals surface area contributed by atoms with Crippen LogP contribution in [0.15, 0.2) is 24.3 Å². The first-order chi connectivity index (χ1) is 9.06. The van der Waals surface area contributed by atoms with Crippen molar-refractivity contribution in [2.24, 2.45) is 12.8 Å². The lowest BCUT2D eigenvalue weighted by molar-refractivity contribution is 0.0933. The summed E-state index contributed by atoms with van der Waals surface area (Å²) in [6.45, 7) is 2.30. The second-order valence-corrected chi connectivity index (χ2v) is 4.62. The molecule has 0 saturated carbocycles. The normalized spacial score (nSPS) is 12.4. The van der Waals surface area contributed by atoms with Crippen molar-refractivity contribution in [1.29, 1.82) is 0 Å². The van der Waals surface area contributed by atoms with Gasteiger partial charge in [-0.2, -0.15) is 0 Å². The summed E-state index contributed by atoms with van der Waals surface area (Å²) in [5.74, 6) is 0.663. The van der Waals surface area contributed by atoms with Crippen molar-refractivity contribution < 1.29 is 9.53 Å². The van der Waals surface area contributed by atoms with Crippen LogP contribution in [0, 0.1) is 0 Å². The molecule has 3 N–H and O–H groups in total. The number of aromatic nitrogens is 1. The lowest BCUT2D eigenvalue weighted by Crippen LogP contribution is -2.38. The molecule has 1 amide bonds. The van der Waals surface area contributed by atoms with Gasteiger partial charge < -0.3 is 20.4 Å². The van der Waals surface area contributed by atoms with Crippen LogP contribution in [0.4, 0.5) is 0 Å². The Labute approximate surface area is 112 Å². The lowest BCUT2D eigenvalue weighted by atomic mass is 10.2. The van der Waals surface area contributed by atoms with Crippen molar-refractivity contribution in [2.45, 2.75) is 13.0 Å². The highest BCUT2D eigenvalue weighted by atomic mass is 16.5. The fourth-order valence-electron chi connectivity index (χ4n) is 2.03. The maximum Gasteiger partial charge on any atom is 0.268 e. The molecule has 0 fully saturated rings. The van der Waals surface area contributed by atoms with E-state index >= 15 is 0 Å². The summed E-state index contributed by atoms with van der Waals surface area (Å²) in [4.78, 5) is 12.1. The Hall–Kier alpha value is -2.01. The Morgan fingerprint density at radius 3 is 2.84 bits per heavy atom. The molecule has 0 saturated heterocycles. The Bertz CT molecular complexity index is 604. The summed E-state index contributed by atoms with van der Waals surface area (Å²) in [5.41, 5.74) is 7.12. The lowest BCUT2D eigenvalue weighted by Gasteiger charge is -2.11. The summed E-state index contributed by atoms with van der Waals surface area (Å²) < 4.78 is 7.06. The number of nitrogens with zero attached hydrogens (tertiary/aromatic N) is 1. The highest BCUT2D eigenvalue weighted by molar-refractivity contribution is 5.99. The second kappa shape index (κ2) is 5.32. The van der Waals surface area contributed by atoms with Crippen LogP contribution in [0.25, 0.3) is 10.9 Å². The van der Waals surface area contributed by atoms with Crippen molar-refractivity contribution in [1.82, 2.24) is 9.88 Å². The van der Waals surface area contributed by atoms with Crippen LogP contribution in [0.2, 0.25) is 0 Å². The van der Waals surface area contributed by atoms with Crippen molar-refractivity contribution >= 4 is 16.8 Å². The van der Waals surface area contributed by atoms with Crippen LogP contribution in [0.5, 0.6) is 5.75 Å². The summed E-state index contributed by atoms with van der Waals surface area (Å²) in [6.07, 6.45) is 0. The molecule has 2 aromatic rings. The topological polar surface area (TPSA) is 69.3 Å². The summed E-state index contributed by atoms with van der Waals surface area (Å²) >= 11 is 0. The van der Waals surface area contributed by atoms with Gasteiger partial charge in [0.15, 0.2) is 0 Å². The number of hydrogen-bond acceptors (Lipinski definition) is 3. The fourth-order valence-corrected chi connectivity index (χ4v) is 2.03. The fraction of sp³-hybridized carbons (Fsp3) is 0.357. The zero-order valence-electron chi connectivity index (χ0n) is 11.4. The zero-order chi connectivity index (χ0) is 14.0. The predicted octanol–water partition coefficient (Wildman–Crippen LogP) is 1.26. The first-order valence-corrected chi connectivity index (χ1v) is 6.21. The van der Waals surface area contributed by atoms with E-state index in [0.29, 0.717) is 12.2 Å². The molecule has 5 heteroatoms. The van der Waals surface area contributed by atoms with Gasteiger partial charge in [-0.15, -0.1) is 0 Å². The van der Waals surface area contributed by atoms with E-state index in [9.17, 15) is 4.79 Å². The number of carbonyl (C=O) groups is 1. The van der Waals surface area contributed by atoms with Crippen LogP contribution >= 0.6 is 0 Å². The minimum absolute atomic E-state index is 0.0416. The molecule has 0 radical (unpaired) electrons. The molecular weight excluding hydrogens is 242 g/mol. The van der Waals surface area contributed by atoms with Gasteiger partial charge in [-0.1, -0.05) is 0 Å². The molecule has 1 unspecified atom stereocenters. The molecule has 1 heterocycles. The number of aryl methyl sites for hydroxylation is 1. The van der Waals surface area contributed by atoms with Gasteiger partial charge in [0.25, 0.3) is 5.91 Å². The van der Waals surface area contributed by atoms with Crippen LogP contribution in [0.3, 0.4) is 0 Å². The molecule has 0 spiro atoms. The Morgan fingerprint density at radius 1 is 1.47 bits per heavy atom. The highest BCUT2D eigenvalue weighted by Crippen LogP contribution is 2.23. The van der Waals surface area contributed by atoms with Gasteiger partial charge in [0, 0.05) is 30.5 Å². The van der Waals surface area contributed by atoms with Gasteiger partial charge in [-0.3, -0.25) is 4.79 Å². The van der Waals surface area contributed by atoms with Crippen molar-refractivity contribution in [3.8, 4) is 5.75 Å². The largest absolute Gasteiger partial charge is 0.497 e. The molecule has 0 aliphatic heterocycles. The summed E-state index contributed by atoms with van der Waals surface area (Å²) in [7, 11) is 3.50. The molecule has 2 rings (SSSR count). The van der Waals surface area contributed by atoms with Crippen LogP contribution in [-0.4, -0.2) is 30.2 Å². The van der Waals surface area contributed by atoms with Gasteiger partial charge in [0.2, 0.25) is 0 Å². The minimum Gasteiger partial charge on any atom is -0.497 e. The van der Waals surface area contributed by atoms with E-state index in [0.717, 1.165) is 16.7 Å². The van der Waals surface area contributed by atoms with Gasteiger partial charge in [0.05, 0.1) is 7.11 Å². The van der Waals surface area contributed by atoms with Crippen LogP contribution in [0.1, 0.15) is 17.4 Å². The van der Waals surface area contributed by atoms with E-state index in [2.05, 4.69) is 5.32 Å². The molecular formula is C14H19N3O2.